The first-order chi connectivity index (χ1) is 16.1. The summed E-state index contributed by atoms with van der Waals surface area (Å²) >= 11 is 0. The van der Waals surface area contributed by atoms with Crippen LogP contribution in [0.5, 0.6) is 5.88 Å². The van der Waals surface area contributed by atoms with Gasteiger partial charge in [-0.2, -0.15) is 4.98 Å². The average molecular weight is 449 g/mol. The summed E-state index contributed by atoms with van der Waals surface area (Å²) in [6, 6.07) is 15.1. The average Bonchev–Trinajstić information content (AvgIpc) is 2.83. The molecule has 0 saturated carbocycles. The maximum Gasteiger partial charge on any atom is 0.288 e. The molecule has 174 valence electrons. The van der Waals surface area contributed by atoms with Gasteiger partial charge in [0.25, 0.3) is 5.91 Å². The number of hydrogen-bond donors (Lipinski definition) is 2. The lowest BCUT2D eigenvalue weighted by Gasteiger charge is -2.22. The van der Waals surface area contributed by atoms with E-state index in [1.165, 1.54) is 0 Å². The van der Waals surface area contributed by atoms with E-state index in [0.29, 0.717) is 24.9 Å². The predicted molar refractivity (Wildman–Crippen MR) is 131 cm³/mol. The lowest BCUT2D eigenvalue weighted by atomic mass is 10.2. The lowest BCUT2D eigenvalue weighted by Crippen LogP contribution is -2.32. The Balaban J connectivity index is 1.76. The molecule has 0 bridgehead atoms. The minimum absolute atomic E-state index is 0.241. The van der Waals surface area contributed by atoms with Gasteiger partial charge >= 0.3 is 0 Å². The van der Waals surface area contributed by atoms with Crippen molar-refractivity contribution < 1.29 is 9.53 Å². The molecular formula is C25H32N6O2. The van der Waals surface area contributed by atoms with E-state index in [1.807, 2.05) is 49.4 Å². The number of ether oxygens (including phenoxy) is 1. The van der Waals surface area contributed by atoms with Gasteiger partial charge in [0.1, 0.15) is 5.69 Å². The molecule has 8 heteroatoms. The molecule has 0 aliphatic rings. The van der Waals surface area contributed by atoms with Crippen LogP contribution in [-0.2, 0) is 6.42 Å². The van der Waals surface area contributed by atoms with Crippen molar-refractivity contribution in [3.8, 4) is 5.88 Å². The number of hydrazine groups is 1. The van der Waals surface area contributed by atoms with Gasteiger partial charge < -0.3 is 9.64 Å². The van der Waals surface area contributed by atoms with Crippen molar-refractivity contribution in [3.05, 3.63) is 71.7 Å². The van der Waals surface area contributed by atoms with Crippen molar-refractivity contribution >= 4 is 17.5 Å². The first kappa shape index (κ1) is 24.0. The first-order valence-electron chi connectivity index (χ1n) is 11.4. The van der Waals surface area contributed by atoms with Crippen LogP contribution >= 0.6 is 0 Å². The van der Waals surface area contributed by atoms with Crippen LogP contribution in [-0.4, -0.2) is 40.6 Å². The molecule has 2 aromatic heterocycles. The molecule has 3 rings (SSSR count). The Morgan fingerprint density at radius 2 is 1.85 bits per heavy atom. The van der Waals surface area contributed by atoms with Gasteiger partial charge in [0, 0.05) is 37.5 Å². The summed E-state index contributed by atoms with van der Waals surface area (Å²) in [7, 11) is 0. The number of pyridine rings is 1. The summed E-state index contributed by atoms with van der Waals surface area (Å²) in [5.74, 6) is 0.506. The van der Waals surface area contributed by atoms with Crippen LogP contribution < -0.4 is 20.5 Å². The van der Waals surface area contributed by atoms with Crippen LogP contribution in [0, 0.1) is 6.92 Å². The Labute approximate surface area is 195 Å². The summed E-state index contributed by atoms with van der Waals surface area (Å²) in [5, 5.41) is 0. The Morgan fingerprint density at radius 1 is 1.03 bits per heavy atom. The Kier molecular flexibility index (Phi) is 8.99. The molecule has 0 saturated heterocycles. The molecule has 0 atom stereocenters. The zero-order chi connectivity index (χ0) is 23.5. The Bertz CT molecular complexity index is 1020. The highest BCUT2D eigenvalue weighted by Crippen LogP contribution is 2.18. The van der Waals surface area contributed by atoms with Gasteiger partial charge in [-0.25, -0.2) is 4.98 Å². The molecular weight excluding hydrogens is 416 g/mol. The largest absolute Gasteiger partial charge is 0.477 e. The molecule has 0 fully saturated rings. The normalized spacial score (nSPS) is 10.5. The minimum Gasteiger partial charge on any atom is -0.477 e. The zero-order valence-electron chi connectivity index (χ0n) is 19.5. The maximum absolute atomic E-state index is 12.9. The summed E-state index contributed by atoms with van der Waals surface area (Å²) < 4.78 is 5.91. The number of benzene rings is 1. The highest BCUT2D eigenvalue weighted by Gasteiger charge is 2.16. The van der Waals surface area contributed by atoms with Gasteiger partial charge in [0.05, 0.1) is 12.3 Å². The standard InChI is InChI=1S/C25H32N6O2/c1-4-14-31(15-5-2)25-27-22(24(32)30-29-21-11-8-9-19(3)17-21)18-23(28-25)33-16-12-20-10-6-7-13-26-20/h6-11,13,17-18,29H,4-5,12,14-16H2,1-3H3,(H,30,32). The smallest absolute Gasteiger partial charge is 0.288 e. The fraction of sp³-hybridized carbons (Fsp3) is 0.360. The van der Waals surface area contributed by atoms with Crippen LogP contribution in [0.15, 0.2) is 54.7 Å². The van der Waals surface area contributed by atoms with Gasteiger partial charge in [-0.05, 0) is 49.6 Å². The predicted octanol–water partition coefficient (Wildman–Crippen LogP) is 4.18. The van der Waals surface area contributed by atoms with E-state index < -0.39 is 0 Å². The third kappa shape index (κ3) is 7.45. The molecule has 0 unspecified atom stereocenters. The second-order valence-electron chi connectivity index (χ2n) is 7.75. The Hall–Kier alpha value is -3.68. The number of hydrogen-bond acceptors (Lipinski definition) is 7. The van der Waals surface area contributed by atoms with Crippen LogP contribution in [0.3, 0.4) is 0 Å². The Morgan fingerprint density at radius 3 is 2.55 bits per heavy atom. The van der Waals surface area contributed by atoms with E-state index in [1.54, 1.807) is 12.3 Å². The van der Waals surface area contributed by atoms with E-state index in [4.69, 9.17) is 4.74 Å². The monoisotopic (exact) mass is 448 g/mol. The van der Waals surface area contributed by atoms with E-state index >= 15 is 0 Å². The summed E-state index contributed by atoms with van der Waals surface area (Å²) in [5.41, 5.74) is 8.73. The van der Waals surface area contributed by atoms with Crippen LogP contribution in [0.1, 0.15) is 48.4 Å². The third-order valence-corrected chi connectivity index (χ3v) is 4.87. The number of anilines is 2. The van der Waals surface area contributed by atoms with E-state index in [-0.39, 0.29) is 11.6 Å². The van der Waals surface area contributed by atoms with Crippen molar-refractivity contribution in [1.29, 1.82) is 0 Å². The van der Waals surface area contributed by atoms with Gasteiger partial charge in [-0.1, -0.05) is 32.0 Å². The van der Waals surface area contributed by atoms with Crippen LogP contribution in [0.2, 0.25) is 0 Å². The van der Waals surface area contributed by atoms with Crippen molar-refractivity contribution in [1.82, 2.24) is 20.4 Å². The second kappa shape index (κ2) is 12.4. The van der Waals surface area contributed by atoms with Gasteiger partial charge in [-0.3, -0.25) is 20.6 Å². The molecule has 8 nitrogen and oxygen atoms in total. The number of nitrogens with zero attached hydrogens (tertiary/aromatic N) is 4. The zero-order valence-corrected chi connectivity index (χ0v) is 19.5. The molecule has 0 aliphatic heterocycles. The van der Waals surface area contributed by atoms with Crippen molar-refractivity contribution in [2.24, 2.45) is 0 Å². The lowest BCUT2D eigenvalue weighted by molar-refractivity contribution is 0.0957. The van der Waals surface area contributed by atoms with Crippen molar-refractivity contribution in [2.75, 3.05) is 30.0 Å². The number of carbonyl (C=O) groups excluding carboxylic acids is 1. The quantitative estimate of drug-likeness (QED) is 0.402. The van der Waals surface area contributed by atoms with E-state index in [2.05, 4.69) is 44.6 Å². The minimum atomic E-state index is -0.359. The van der Waals surface area contributed by atoms with Gasteiger partial charge in [-0.15, -0.1) is 0 Å². The molecule has 1 amide bonds. The number of aromatic nitrogens is 3. The van der Waals surface area contributed by atoms with Crippen molar-refractivity contribution in [2.45, 2.75) is 40.0 Å². The number of carbonyl (C=O) groups is 1. The molecule has 3 aromatic rings. The summed E-state index contributed by atoms with van der Waals surface area (Å²) in [4.78, 5) is 28.4. The molecule has 2 heterocycles. The summed E-state index contributed by atoms with van der Waals surface area (Å²) in [6.07, 6.45) is 4.30. The van der Waals surface area contributed by atoms with Crippen LogP contribution in [0.25, 0.3) is 0 Å². The molecule has 0 spiro atoms. The maximum atomic E-state index is 12.9. The fourth-order valence-electron chi connectivity index (χ4n) is 3.32. The topological polar surface area (TPSA) is 92.3 Å². The molecule has 0 radical (unpaired) electrons. The number of nitrogens with one attached hydrogen (secondary N) is 2. The number of rotatable bonds is 12. The molecule has 1 aromatic carbocycles. The van der Waals surface area contributed by atoms with Crippen molar-refractivity contribution in [3.63, 3.8) is 0 Å². The summed E-state index contributed by atoms with van der Waals surface area (Å²) in [6.45, 7) is 8.21. The van der Waals surface area contributed by atoms with Gasteiger partial charge in [0.15, 0.2) is 0 Å². The van der Waals surface area contributed by atoms with Crippen LogP contribution in [0.4, 0.5) is 11.6 Å². The van der Waals surface area contributed by atoms with Gasteiger partial charge in [0.2, 0.25) is 11.8 Å². The van der Waals surface area contributed by atoms with E-state index in [9.17, 15) is 4.79 Å². The molecule has 33 heavy (non-hydrogen) atoms. The fourth-order valence-corrected chi connectivity index (χ4v) is 3.32. The molecule has 2 N–H and O–H groups in total. The first-order valence-corrected chi connectivity index (χ1v) is 11.4. The number of amides is 1. The SMILES string of the molecule is CCCN(CCC)c1nc(OCCc2ccccn2)cc(C(=O)NNc2cccc(C)c2)n1. The number of aryl methyl sites for hydroxylation is 1. The third-order valence-electron chi connectivity index (χ3n) is 4.87. The highest BCUT2D eigenvalue weighted by atomic mass is 16.5. The highest BCUT2D eigenvalue weighted by molar-refractivity contribution is 5.93. The molecule has 0 aliphatic carbocycles. The second-order valence-corrected chi connectivity index (χ2v) is 7.75. The van der Waals surface area contributed by atoms with E-state index in [0.717, 1.165) is 42.9 Å².